The maximum Gasteiger partial charge on any atom is 0.407 e. The first-order chi connectivity index (χ1) is 10.7. The molecule has 0 aromatic heterocycles. The minimum atomic E-state index is -0.555. The maximum absolute atomic E-state index is 12.6. The number of alkyl carbamates (subject to hydrolysis) is 1. The van der Waals surface area contributed by atoms with Gasteiger partial charge in [-0.3, -0.25) is 4.79 Å². The second-order valence-corrected chi connectivity index (χ2v) is 6.83. The van der Waals surface area contributed by atoms with Crippen LogP contribution in [-0.2, 0) is 9.53 Å². The summed E-state index contributed by atoms with van der Waals surface area (Å²) in [5, 5.41) is 2.69. The van der Waals surface area contributed by atoms with Crippen molar-refractivity contribution in [3.05, 3.63) is 24.4 Å². The van der Waals surface area contributed by atoms with Gasteiger partial charge in [-0.2, -0.15) is 0 Å². The first kappa shape index (κ1) is 19.2. The number of hydrogen-bond acceptors (Lipinski definition) is 4. The van der Waals surface area contributed by atoms with Gasteiger partial charge in [-0.25, -0.2) is 4.79 Å². The highest BCUT2D eigenvalue weighted by Gasteiger charge is 2.29. The smallest absolute Gasteiger partial charge is 0.407 e. The van der Waals surface area contributed by atoms with Crippen molar-refractivity contribution in [2.45, 2.75) is 58.7 Å². The van der Waals surface area contributed by atoms with Crippen molar-refractivity contribution in [1.29, 1.82) is 0 Å². The lowest BCUT2D eigenvalue weighted by atomic mass is 9.98. The molecule has 1 unspecified atom stereocenters. The number of carbonyl (C=O) groups excluding carboxylic acids is 2. The Labute approximate surface area is 138 Å². The van der Waals surface area contributed by atoms with Crippen LogP contribution in [0.2, 0.25) is 0 Å². The van der Waals surface area contributed by atoms with Crippen LogP contribution in [0.3, 0.4) is 0 Å². The number of nitrogens with one attached hydrogen (secondary N) is 1. The van der Waals surface area contributed by atoms with Crippen molar-refractivity contribution in [1.82, 2.24) is 10.2 Å². The number of hydrogen-bond donors (Lipinski definition) is 2. The SMILES string of the molecule is CC[C@H](C)[C@H](N)C(=O)N1C=CC=CC1CNC(=O)OC(C)(C)C. The Bertz CT molecular complexity index is 480. The van der Waals surface area contributed by atoms with Gasteiger partial charge < -0.3 is 20.7 Å². The van der Waals surface area contributed by atoms with E-state index in [0.29, 0.717) is 0 Å². The average Bonchev–Trinajstić information content (AvgIpc) is 2.49. The molecule has 0 aromatic rings. The van der Waals surface area contributed by atoms with Gasteiger partial charge in [0.2, 0.25) is 5.91 Å². The van der Waals surface area contributed by atoms with Crippen LogP contribution in [0.4, 0.5) is 4.79 Å². The molecule has 0 fully saturated rings. The Morgan fingerprint density at radius 2 is 2.00 bits per heavy atom. The molecule has 3 atom stereocenters. The normalized spacial score (nSPS) is 20.1. The van der Waals surface area contributed by atoms with Crippen molar-refractivity contribution in [2.24, 2.45) is 11.7 Å². The van der Waals surface area contributed by atoms with E-state index in [0.717, 1.165) is 6.42 Å². The molecule has 23 heavy (non-hydrogen) atoms. The Hall–Kier alpha value is -1.82. The maximum atomic E-state index is 12.6. The molecule has 1 rings (SSSR count). The molecule has 0 saturated carbocycles. The number of carbonyl (C=O) groups is 2. The Balaban J connectivity index is 2.66. The van der Waals surface area contributed by atoms with E-state index in [9.17, 15) is 9.59 Å². The van der Waals surface area contributed by atoms with Crippen molar-refractivity contribution < 1.29 is 14.3 Å². The van der Waals surface area contributed by atoms with Gasteiger partial charge >= 0.3 is 6.09 Å². The van der Waals surface area contributed by atoms with Crippen molar-refractivity contribution in [2.75, 3.05) is 6.54 Å². The average molecular weight is 323 g/mol. The third-order valence-electron chi connectivity index (χ3n) is 3.70. The summed E-state index contributed by atoms with van der Waals surface area (Å²) in [7, 11) is 0. The van der Waals surface area contributed by atoms with Gasteiger partial charge in [-0.15, -0.1) is 0 Å². The summed E-state index contributed by atoms with van der Waals surface area (Å²) < 4.78 is 5.21. The third kappa shape index (κ3) is 6.06. The van der Waals surface area contributed by atoms with Crippen LogP contribution < -0.4 is 11.1 Å². The highest BCUT2D eigenvalue weighted by Crippen LogP contribution is 2.15. The van der Waals surface area contributed by atoms with Crippen LogP contribution in [-0.4, -0.2) is 41.1 Å². The monoisotopic (exact) mass is 323 g/mol. The van der Waals surface area contributed by atoms with Gasteiger partial charge in [-0.05, 0) is 32.8 Å². The second kappa shape index (κ2) is 8.15. The number of amides is 2. The van der Waals surface area contributed by atoms with Crippen LogP contribution in [0.5, 0.6) is 0 Å². The molecule has 0 aliphatic carbocycles. The quantitative estimate of drug-likeness (QED) is 0.812. The molecule has 2 amide bonds. The lowest BCUT2D eigenvalue weighted by molar-refractivity contribution is -0.132. The summed E-state index contributed by atoms with van der Waals surface area (Å²) in [6, 6.07) is -0.824. The van der Waals surface area contributed by atoms with Crippen LogP contribution >= 0.6 is 0 Å². The molecule has 6 nitrogen and oxygen atoms in total. The number of ether oxygens (including phenoxy) is 1. The summed E-state index contributed by atoms with van der Waals surface area (Å²) in [6.07, 6.45) is 7.52. The third-order valence-corrected chi connectivity index (χ3v) is 3.70. The highest BCUT2D eigenvalue weighted by molar-refractivity contribution is 5.83. The Kier molecular flexibility index (Phi) is 6.81. The molecule has 1 aliphatic rings. The number of rotatable bonds is 5. The zero-order valence-electron chi connectivity index (χ0n) is 14.7. The standard InChI is InChI=1S/C17H29N3O3/c1-6-12(2)14(18)15(21)20-10-8-7-9-13(20)11-19-16(22)23-17(3,4)5/h7-10,12-14H,6,11,18H2,1-5H3,(H,19,22)/t12-,13?,14-/m0/s1. The van der Waals surface area contributed by atoms with Crippen LogP contribution in [0.25, 0.3) is 0 Å². The molecule has 0 bridgehead atoms. The molecule has 0 saturated heterocycles. The first-order valence-corrected chi connectivity index (χ1v) is 8.05. The predicted molar refractivity (Wildman–Crippen MR) is 90.6 cm³/mol. The van der Waals surface area contributed by atoms with Crippen molar-refractivity contribution in [3.8, 4) is 0 Å². The molecular weight excluding hydrogens is 294 g/mol. The van der Waals surface area contributed by atoms with Gasteiger partial charge in [0.1, 0.15) is 5.60 Å². The molecule has 3 N–H and O–H groups in total. The van der Waals surface area contributed by atoms with E-state index < -0.39 is 17.7 Å². The van der Waals surface area contributed by atoms with Gasteiger partial charge in [0, 0.05) is 12.7 Å². The summed E-state index contributed by atoms with van der Waals surface area (Å²) in [5.74, 6) is -0.0443. The fourth-order valence-corrected chi connectivity index (χ4v) is 2.11. The van der Waals surface area contributed by atoms with E-state index in [1.807, 2.05) is 26.0 Å². The molecule has 1 heterocycles. The number of allylic oxidation sites excluding steroid dienone is 2. The van der Waals surface area contributed by atoms with Gasteiger partial charge in [0.25, 0.3) is 0 Å². The zero-order chi connectivity index (χ0) is 17.6. The Morgan fingerprint density at radius 1 is 1.35 bits per heavy atom. The van der Waals surface area contributed by atoms with E-state index >= 15 is 0 Å². The van der Waals surface area contributed by atoms with E-state index in [2.05, 4.69) is 5.32 Å². The molecule has 0 spiro atoms. The molecule has 130 valence electrons. The van der Waals surface area contributed by atoms with Crippen LogP contribution in [0.15, 0.2) is 24.4 Å². The minimum absolute atomic E-state index is 0.0984. The predicted octanol–water partition coefficient (Wildman–Crippen LogP) is 2.17. The van der Waals surface area contributed by atoms with E-state index in [-0.39, 0.29) is 24.4 Å². The van der Waals surface area contributed by atoms with E-state index in [1.54, 1.807) is 37.9 Å². The van der Waals surface area contributed by atoms with Gasteiger partial charge in [0.15, 0.2) is 0 Å². The Morgan fingerprint density at radius 3 is 2.57 bits per heavy atom. The number of nitrogens with zero attached hydrogens (tertiary/aromatic N) is 1. The van der Waals surface area contributed by atoms with E-state index in [4.69, 9.17) is 10.5 Å². The topological polar surface area (TPSA) is 84.7 Å². The second-order valence-electron chi connectivity index (χ2n) is 6.83. The molecule has 0 aromatic carbocycles. The zero-order valence-corrected chi connectivity index (χ0v) is 14.7. The van der Waals surface area contributed by atoms with Crippen molar-refractivity contribution >= 4 is 12.0 Å². The minimum Gasteiger partial charge on any atom is -0.444 e. The highest BCUT2D eigenvalue weighted by atomic mass is 16.6. The van der Waals surface area contributed by atoms with E-state index in [1.165, 1.54) is 0 Å². The first-order valence-electron chi connectivity index (χ1n) is 8.05. The molecule has 1 aliphatic heterocycles. The fraction of sp³-hybridized carbons (Fsp3) is 0.647. The lowest BCUT2D eigenvalue weighted by Gasteiger charge is -2.32. The summed E-state index contributed by atoms with van der Waals surface area (Å²) in [6.45, 7) is 9.64. The summed E-state index contributed by atoms with van der Waals surface area (Å²) in [5.41, 5.74) is 5.49. The lowest BCUT2D eigenvalue weighted by Crippen LogP contribution is -2.51. The largest absolute Gasteiger partial charge is 0.444 e. The number of nitrogens with two attached hydrogens (primary N) is 1. The fourth-order valence-electron chi connectivity index (χ4n) is 2.11. The summed E-state index contributed by atoms with van der Waals surface area (Å²) >= 11 is 0. The summed E-state index contributed by atoms with van der Waals surface area (Å²) in [4.78, 5) is 25.9. The van der Waals surface area contributed by atoms with Gasteiger partial charge in [0.05, 0.1) is 12.1 Å². The van der Waals surface area contributed by atoms with Crippen molar-refractivity contribution in [3.63, 3.8) is 0 Å². The van der Waals surface area contributed by atoms with Crippen LogP contribution in [0.1, 0.15) is 41.0 Å². The molecule has 6 heteroatoms. The molecular formula is C17H29N3O3. The van der Waals surface area contributed by atoms with Gasteiger partial charge in [-0.1, -0.05) is 32.4 Å². The molecule has 0 radical (unpaired) electrons. The van der Waals surface area contributed by atoms with Crippen LogP contribution in [0, 0.1) is 5.92 Å².